The van der Waals surface area contributed by atoms with Gasteiger partial charge in [-0.25, -0.2) is 0 Å². The molecular weight excluding hydrogens is 518 g/mol. The molecule has 1 amide bonds. The second kappa shape index (κ2) is 13.8. The van der Waals surface area contributed by atoms with Gasteiger partial charge in [0.25, 0.3) is 0 Å². The van der Waals surface area contributed by atoms with Crippen LogP contribution in [0.15, 0.2) is 42.5 Å². The summed E-state index contributed by atoms with van der Waals surface area (Å²) < 4.78 is 11.7. The molecule has 222 valence electrons. The number of amides is 1. The minimum absolute atomic E-state index is 0.00122. The van der Waals surface area contributed by atoms with Crippen LogP contribution in [0.1, 0.15) is 74.5 Å². The van der Waals surface area contributed by atoms with Crippen molar-refractivity contribution in [2.24, 2.45) is 11.7 Å². The number of nitrogens with zero attached hydrogens (tertiary/aromatic N) is 2. The Bertz CT molecular complexity index is 1200. The van der Waals surface area contributed by atoms with E-state index in [0.29, 0.717) is 32.7 Å². The lowest BCUT2D eigenvalue weighted by Crippen LogP contribution is -2.45. The van der Waals surface area contributed by atoms with Crippen LogP contribution in [-0.2, 0) is 27.3 Å². The van der Waals surface area contributed by atoms with E-state index in [-0.39, 0.29) is 30.5 Å². The second-order valence-electron chi connectivity index (χ2n) is 11.8. The number of ether oxygens (including phenoxy) is 2. The van der Waals surface area contributed by atoms with E-state index in [2.05, 4.69) is 17.9 Å². The second-order valence-corrected chi connectivity index (χ2v) is 11.8. The molecule has 8 heteroatoms. The largest absolute Gasteiger partial charge is 0.493 e. The molecule has 1 unspecified atom stereocenters. The van der Waals surface area contributed by atoms with Crippen LogP contribution in [0, 0.1) is 5.92 Å². The van der Waals surface area contributed by atoms with Crippen molar-refractivity contribution in [3.8, 4) is 5.75 Å². The molecule has 8 nitrogen and oxygen atoms in total. The molecule has 0 bridgehead atoms. The molecule has 5 rings (SSSR count). The van der Waals surface area contributed by atoms with E-state index in [4.69, 9.17) is 15.2 Å². The lowest BCUT2D eigenvalue weighted by atomic mass is 9.82. The first kappa shape index (κ1) is 29.5. The summed E-state index contributed by atoms with van der Waals surface area (Å²) in [5, 5.41) is 10.6. The van der Waals surface area contributed by atoms with Gasteiger partial charge in [0, 0.05) is 50.3 Å². The summed E-state index contributed by atoms with van der Waals surface area (Å²) >= 11 is 0. The Kier molecular flexibility index (Phi) is 9.96. The highest BCUT2D eigenvalue weighted by Crippen LogP contribution is 2.42. The number of nitrogens with two attached hydrogens (primary N) is 1. The minimum Gasteiger partial charge on any atom is -0.493 e. The maximum absolute atomic E-state index is 14.0. The summed E-state index contributed by atoms with van der Waals surface area (Å²) in [6, 6.07) is 13.7. The summed E-state index contributed by atoms with van der Waals surface area (Å²) in [6.07, 6.45) is 7.60. The number of carbonyl (C=O) groups is 2. The normalized spacial score (nSPS) is 24.1. The summed E-state index contributed by atoms with van der Waals surface area (Å²) in [5.74, 6) is -0.707. The Morgan fingerprint density at radius 1 is 1.12 bits per heavy atom. The third kappa shape index (κ3) is 6.93. The summed E-state index contributed by atoms with van der Waals surface area (Å²) in [7, 11) is 0. The highest BCUT2D eigenvalue weighted by atomic mass is 16.5. The van der Waals surface area contributed by atoms with Gasteiger partial charge in [-0.05, 0) is 73.4 Å². The Hall–Kier alpha value is -2.94. The molecule has 3 aliphatic heterocycles. The minimum atomic E-state index is -0.797. The zero-order chi connectivity index (χ0) is 28.8. The summed E-state index contributed by atoms with van der Waals surface area (Å²) in [4.78, 5) is 30.9. The van der Waals surface area contributed by atoms with Crippen LogP contribution >= 0.6 is 0 Å². The zero-order valence-electron chi connectivity index (χ0n) is 24.3. The van der Waals surface area contributed by atoms with Crippen LogP contribution in [0.5, 0.6) is 5.75 Å². The molecule has 0 aromatic heterocycles. The third-order valence-electron chi connectivity index (χ3n) is 9.07. The quantitative estimate of drug-likeness (QED) is 0.385. The van der Waals surface area contributed by atoms with Crippen molar-refractivity contribution < 1.29 is 24.2 Å². The Morgan fingerprint density at radius 3 is 2.76 bits per heavy atom. The van der Waals surface area contributed by atoms with Crippen molar-refractivity contribution in [1.82, 2.24) is 4.90 Å². The van der Waals surface area contributed by atoms with Gasteiger partial charge in [-0.1, -0.05) is 37.6 Å². The van der Waals surface area contributed by atoms with E-state index in [9.17, 15) is 14.7 Å². The number of likely N-dealkylation sites (tertiary alicyclic amines) is 1. The van der Waals surface area contributed by atoms with Crippen molar-refractivity contribution in [2.75, 3.05) is 37.7 Å². The van der Waals surface area contributed by atoms with E-state index in [1.165, 1.54) is 0 Å². The number of fused-ring (bicyclic) bond motifs is 1. The average molecular weight is 564 g/mol. The van der Waals surface area contributed by atoms with Gasteiger partial charge in [-0.15, -0.1) is 0 Å². The first-order valence-corrected chi connectivity index (χ1v) is 15.4. The molecule has 0 spiro atoms. The van der Waals surface area contributed by atoms with E-state index in [1.54, 1.807) is 0 Å². The number of anilines is 1. The number of unbranched alkanes of at least 4 members (excludes halogenated alkanes) is 1. The number of carboxylic acids is 1. The maximum atomic E-state index is 14.0. The average Bonchev–Trinajstić information content (AvgIpc) is 3.61. The van der Waals surface area contributed by atoms with Crippen molar-refractivity contribution in [3.63, 3.8) is 0 Å². The molecule has 2 aromatic rings. The van der Waals surface area contributed by atoms with E-state index in [0.717, 1.165) is 79.7 Å². The van der Waals surface area contributed by atoms with Crippen LogP contribution in [0.2, 0.25) is 0 Å². The van der Waals surface area contributed by atoms with Crippen LogP contribution in [0.3, 0.4) is 0 Å². The molecule has 3 aliphatic rings. The summed E-state index contributed by atoms with van der Waals surface area (Å²) in [6.45, 7) is 5.29. The predicted molar refractivity (Wildman–Crippen MR) is 159 cm³/mol. The number of aliphatic carboxylic acids is 1. The number of rotatable bonds is 12. The fraction of sp³-hybridized carbons (Fsp3) is 0.576. The molecule has 3 N–H and O–H groups in total. The van der Waals surface area contributed by atoms with E-state index in [1.807, 2.05) is 41.3 Å². The smallest absolute Gasteiger partial charge is 0.308 e. The van der Waals surface area contributed by atoms with E-state index < -0.39 is 11.9 Å². The first-order valence-electron chi connectivity index (χ1n) is 15.4. The van der Waals surface area contributed by atoms with Gasteiger partial charge in [0.15, 0.2) is 0 Å². The standard InChI is InChI=1S/C33H45N3O5/c1-2-3-15-36(26-8-6-7-23(18-26)20-34)31(37)22-35-21-28(24-10-13-30-25(19-24)14-17-41-30)32(33(38)39)29(35)12-11-27-9-4-5-16-40-27/h6-8,10,13,18-19,27-29,32H,2-5,9,11-12,14-17,20-22,34H2,1H3,(H,38,39)/t27?,28-,29+,32-/m1/s1. The van der Waals surface area contributed by atoms with Gasteiger partial charge in [0.1, 0.15) is 5.75 Å². The van der Waals surface area contributed by atoms with E-state index >= 15 is 0 Å². The SMILES string of the molecule is CCCCN(C(=O)CN1C[C@H](c2ccc3c(c2)CCO3)[C@@H](C(=O)O)[C@@H]1CCC1CCCCO1)c1cccc(CN)c1. The third-order valence-corrected chi connectivity index (χ3v) is 9.07. The van der Waals surface area contributed by atoms with Crippen molar-refractivity contribution >= 4 is 17.6 Å². The predicted octanol–water partition coefficient (Wildman–Crippen LogP) is 4.73. The molecule has 2 aromatic carbocycles. The van der Waals surface area contributed by atoms with Crippen LogP contribution < -0.4 is 15.4 Å². The van der Waals surface area contributed by atoms with Crippen LogP contribution in [0.25, 0.3) is 0 Å². The van der Waals surface area contributed by atoms with Gasteiger partial charge in [-0.2, -0.15) is 0 Å². The molecule has 41 heavy (non-hydrogen) atoms. The maximum Gasteiger partial charge on any atom is 0.308 e. The van der Waals surface area contributed by atoms with Gasteiger partial charge >= 0.3 is 5.97 Å². The van der Waals surface area contributed by atoms with Gasteiger partial charge in [0.2, 0.25) is 5.91 Å². The molecule has 2 fully saturated rings. The Labute approximate surface area is 243 Å². The van der Waals surface area contributed by atoms with Gasteiger partial charge in [0.05, 0.1) is 25.2 Å². The zero-order valence-corrected chi connectivity index (χ0v) is 24.3. The Balaban J connectivity index is 1.41. The topological polar surface area (TPSA) is 105 Å². The molecule has 0 aliphatic carbocycles. The Morgan fingerprint density at radius 2 is 2.00 bits per heavy atom. The van der Waals surface area contributed by atoms with Crippen molar-refractivity contribution in [2.45, 2.75) is 82.9 Å². The molecule has 4 atom stereocenters. The molecule has 3 heterocycles. The fourth-order valence-electron chi connectivity index (χ4n) is 6.84. The number of benzene rings is 2. The lowest BCUT2D eigenvalue weighted by molar-refractivity contribution is -0.143. The van der Waals surface area contributed by atoms with Crippen molar-refractivity contribution in [3.05, 3.63) is 59.2 Å². The van der Waals surface area contributed by atoms with Crippen LogP contribution in [0.4, 0.5) is 5.69 Å². The van der Waals surface area contributed by atoms with Gasteiger partial charge < -0.3 is 25.2 Å². The molecule has 0 saturated carbocycles. The fourth-order valence-corrected chi connectivity index (χ4v) is 6.84. The molecular formula is C33H45N3O5. The van der Waals surface area contributed by atoms with Gasteiger partial charge in [-0.3, -0.25) is 14.5 Å². The number of hydrogen-bond acceptors (Lipinski definition) is 6. The number of carbonyl (C=O) groups excluding carboxylic acids is 1. The van der Waals surface area contributed by atoms with Crippen LogP contribution in [-0.4, -0.2) is 66.9 Å². The number of carboxylic acid groups (broad SMARTS) is 1. The highest BCUT2D eigenvalue weighted by molar-refractivity contribution is 5.95. The number of hydrogen-bond donors (Lipinski definition) is 2. The first-order chi connectivity index (χ1) is 20.0. The molecule has 0 radical (unpaired) electrons. The lowest BCUT2D eigenvalue weighted by Gasteiger charge is -2.31. The summed E-state index contributed by atoms with van der Waals surface area (Å²) in [5.41, 5.74) is 9.89. The molecule has 2 saturated heterocycles. The van der Waals surface area contributed by atoms with Crippen molar-refractivity contribution in [1.29, 1.82) is 0 Å². The monoisotopic (exact) mass is 563 g/mol. The highest BCUT2D eigenvalue weighted by Gasteiger charge is 2.47.